The lowest BCUT2D eigenvalue weighted by Crippen LogP contribution is -2.46. The number of nitrogens with one attached hydrogen (secondary N) is 2. The third kappa shape index (κ3) is 4.78. The predicted molar refractivity (Wildman–Crippen MR) is 110 cm³/mol. The van der Waals surface area contributed by atoms with E-state index < -0.39 is 0 Å². The number of carbonyl (C=O) groups excluding carboxylic acids is 1. The van der Waals surface area contributed by atoms with Crippen LogP contribution >= 0.6 is 0 Å². The molecular formula is C22H38N4O. The second kappa shape index (κ2) is 8.83. The van der Waals surface area contributed by atoms with E-state index in [0.29, 0.717) is 18.0 Å². The third-order valence-corrected chi connectivity index (χ3v) is 7.44. The van der Waals surface area contributed by atoms with Gasteiger partial charge >= 0.3 is 0 Å². The van der Waals surface area contributed by atoms with Crippen molar-refractivity contribution in [2.75, 3.05) is 20.1 Å². The summed E-state index contributed by atoms with van der Waals surface area (Å²) in [5.41, 5.74) is 0. The Balaban J connectivity index is 1.21. The fourth-order valence-corrected chi connectivity index (χ4v) is 5.69. The highest BCUT2D eigenvalue weighted by molar-refractivity contribution is 5.81. The van der Waals surface area contributed by atoms with Crippen molar-refractivity contribution in [1.82, 2.24) is 15.5 Å². The average molecular weight is 375 g/mol. The molecule has 1 aliphatic heterocycles. The summed E-state index contributed by atoms with van der Waals surface area (Å²) >= 11 is 0. The van der Waals surface area contributed by atoms with Gasteiger partial charge in [0.15, 0.2) is 5.96 Å². The predicted octanol–water partition coefficient (Wildman–Crippen LogP) is 3.30. The van der Waals surface area contributed by atoms with Gasteiger partial charge in [0.05, 0.1) is 0 Å². The van der Waals surface area contributed by atoms with Crippen molar-refractivity contribution in [2.45, 2.75) is 89.1 Å². The van der Waals surface area contributed by atoms with Crippen molar-refractivity contribution in [2.24, 2.45) is 22.7 Å². The van der Waals surface area contributed by atoms with E-state index in [-0.39, 0.29) is 5.92 Å². The number of aliphatic imine (C=N–C) groups is 1. The molecule has 4 rings (SSSR count). The summed E-state index contributed by atoms with van der Waals surface area (Å²) in [6.45, 7) is 1.74. The van der Waals surface area contributed by atoms with E-state index in [4.69, 9.17) is 0 Å². The minimum absolute atomic E-state index is 0.289. The van der Waals surface area contributed by atoms with Crippen LogP contribution in [0.3, 0.4) is 0 Å². The summed E-state index contributed by atoms with van der Waals surface area (Å²) in [4.78, 5) is 19.3. The van der Waals surface area contributed by atoms with Crippen LogP contribution in [-0.4, -0.2) is 49.0 Å². The lowest BCUT2D eigenvalue weighted by atomic mass is 9.85. The molecule has 3 atom stereocenters. The van der Waals surface area contributed by atoms with Crippen molar-refractivity contribution in [1.29, 1.82) is 0 Å². The van der Waals surface area contributed by atoms with E-state index in [0.717, 1.165) is 50.1 Å². The topological polar surface area (TPSA) is 56.7 Å². The molecule has 1 saturated heterocycles. The highest BCUT2D eigenvalue weighted by atomic mass is 16.2. The summed E-state index contributed by atoms with van der Waals surface area (Å²) in [5.74, 6) is 3.43. The van der Waals surface area contributed by atoms with Crippen LogP contribution in [0.1, 0.15) is 77.0 Å². The Hall–Kier alpha value is -1.26. The Morgan fingerprint density at radius 3 is 2.33 bits per heavy atom. The van der Waals surface area contributed by atoms with Gasteiger partial charge in [-0.15, -0.1) is 0 Å². The van der Waals surface area contributed by atoms with Crippen LogP contribution in [0.15, 0.2) is 4.99 Å². The lowest BCUT2D eigenvalue weighted by molar-refractivity contribution is -0.135. The highest BCUT2D eigenvalue weighted by Gasteiger charge is 2.43. The monoisotopic (exact) mass is 374 g/mol. The molecule has 1 amide bonds. The van der Waals surface area contributed by atoms with Crippen molar-refractivity contribution in [3.8, 4) is 0 Å². The van der Waals surface area contributed by atoms with Gasteiger partial charge in [-0.05, 0) is 37.5 Å². The zero-order valence-corrected chi connectivity index (χ0v) is 17.1. The average Bonchev–Trinajstić information content (AvgIpc) is 3.34. The number of guanidine groups is 1. The molecule has 4 aliphatic rings. The number of likely N-dealkylation sites (tertiary alicyclic amines) is 1. The first-order valence-electron chi connectivity index (χ1n) is 11.5. The maximum atomic E-state index is 12.8. The molecule has 3 saturated carbocycles. The minimum Gasteiger partial charge on any atom is -0.353 e. The number of amides is 1. The molecule has 2 N–H and O–H groups in total. The molecule has 0 spiro atoms. The fraction of sp³-hybridized carbons (Fsp3) is 0.909. The van der Waals surface area contributed by atoms with E-state index in [1.54, 1.807) is 0 Å². The summed E-state index contributed by atoms with van der Waals surface area (Å²) < 4.78 is 0. The van der Waals surface area contributed by atoms with Gasteiger partial charge in [-0.25, -0.2) is 0 Å². The number of hydrogen-bond donors (Lipinski definition) is 2. The Morgan fingerprint density at radius 2 is 1.63 bits per heavy atom. The normalized spacial score (nSPS) is 33.1. The number of nitrogens with zero attached hydrogens (tertiary/aromatic N) is 2. The van der Waals surface area contributed by atoms with Crippen LogP contribution in [0.4, 0.5) is 0 Å². The van der Waals surface area contributed by atoms with Gasteiger partial charge in [0, 0.05) is 38.1 Å². The first-order chi connectivity index (χ1) is 13.2. The molecule has 3 aliphatic carbocycles. The smallest absolute Gasteiger partial charge is 0.225 e. The zero-order valence-electron chi connectivity index (χ0n) is 17.1. The highest BCUT2D eigenvalue weighted by Crippen LogP contribution is 2.44. The van der Waals surface area contributed by atoms with Crippen molar-refractivity contribution < 1.29 is 4.79 Å². The molecule has 0 radical (unpaired) electrons. The number of rotatable bonds is 4. The van der Waals surface area contributed by atoms with Crippen LogP contribution in [-0.2, 0) is 4.79 Å². The van der Waals surface area contributed by atoms with Crippen LogP contribution < -0.4 is 10.6 Å². The van der Waals surface area contributed by atoms with Crippen LogP contribution in [0, 0.1) is 17.8 Å². The largest absolute Gasteiger partial charge is 0.353 e. The second-order valence-corrected chi connectivity index (χ2v) is 9.37. The van der Waals surface area contributed by atoms with E-state index in [9.17, 15) is 4.79 Å². The van der Waals surface area contributed by atoms with Gasteiger partial charge in [-0.2, -0.15) is 0 Å². The molecule has 4 fully saturated rings. The molecule has 0 aromatic heterocycles. The lowest BCUT2D eigenvalue weighted by Gasteiger charge is -2.26. The third-order valence-electron chi connectivity index (χ3n) is 7.44. The van der Waals surface area contributed by atoms with E-state index in [1.165, 1.54) is 57.8 Å². The molecular weight excluding hydrogens is 336 g/mol. The van der Waals surface area contributed by atoms with Gasteiger partial charge in [0.25, 0.3) is 0 Å². The molecule has 1 heterocycles. The molecule has 27 heavy (non-hydrogen) atoms. The maximum absolute atomic E-state index is 12.8. The van der Waals surface area contributed by atoms with Crippen molar-refractivity contribution in [3.05, 3.63) is 0 Å². The summed E-state index contributed by atoms with van der Waals surface area (Å²) in [5, 5.41) is 7.25. The van der Waals surface area contributed by atoms with Gasteiger partial charge in [0.1, 0.15) is 0 Å². The quantitative estimate of drug-likeness (QED) is 0.586. The Bertz CT molecular complexity index is 536. The number of carbonyl (C=O) groups is 1. The van der Waals surface area contributed by atoms with Crippen molar-refractivity contribution >= 4 is 11.9 Å². The summed E-state index contributed by atoms with van der Waals surface area (Å²) in [7, 11) is 1.87. The molecule has 3 unspecified atom stereocenters. The fourth-order valence-electron chi connectivity index (χ4n) is 5.69. The van der Waals surface area contributed by atoms with Gasteiger partial charge < -0.3 is 15.5 Å². The molecule has 0 aromatic rings. The SMILES string of the molecule is CN=C(NC1CCN(C(=O)C2CCCCC2)C1)NC1CC1C1CCCCC1. The minimum atomic E-state index is 0.289. The molecule has 5 heteroatoms. The summed E-state index contributed by atoms with van der Waals surface area (Å²) in [6, 6.07) is 0.955. The second-order valence-electron chi connectivity index (χ2n) is 9.37. The van der Waals surface area contributed by atoms with Crippen LogP contribution in [0.25, 0.3) is 0 Å². The van der Waals surface area contributed by atoms with Crippen molar-refractivity contribution in [3.63, 3.8) is 0 Å². The maximum Gasteiger partial charge on any atom is 0.225 e. The van der Waals surface area contributed by atoms with Crippen LogP contribution in [0.5, 0.6) is 0 Å². The van der Waals surface area contributed by atoms with Gasteiger partial charge in [0.2, 0.25) is 5.91 Å². The Morgan fingerprint density at radius 1 is 0.926 bits per heavy atom. The first kappa shape index (κ1) is 19.1. The molecule has 5 nitrogen and oxygen atoms in total. The molecule has 152 valence electrons. The van der Waals surface area contributed by atoms with Gasteiger partial charge in [-0.3, -0.25) is 9.79 Å². The van der Waals surface area contributed by atoms with E-state index >= 15 is 0 Å². The van der Waals surface area contributed by atoms with Crippen LogP contribution in [0.2, 0.25) is 0 Å². The summed E-state index contributed by atoms with van der Waals surface area (Å²) in [6.07, 6.45) is 15.4. The van der Waals surface area contributed by atoms with E-state index in [1.807, 2.05) is 7.05 Å². The molecule has 0 aromatic carbocycles. The Kier molecular flexibility index (Phi) is 6.24. The van der Waals surface area contributed by atoms with Gasteiger partial charge in [-0.1, -0.05) is 51.4 Å². The Labute approximate surface area is 164 Å². The number of hydrogen-bond acceptors (Lipinski definition) is 2. The first-order valence-corrected chi connectivity index (χ1v) is 11.5. The standard InChI is InChI=1S/C22H38N4O/c1-23-22(25-20-14-19(20)16-8-4-2-5-9-16)24-18-12-13-26(15-18)21(27)17-10-6-3-7-11-17/h16-20H,2-15H2,1H3,(H2,23,24,25). The van der Waals surface area contributed by atoms with E-state index in [2.05, 4.69) is 20.5 Å². The molecule has 0 bridgehead atoms. The zero-order chi connectivity index (χ0) is 18.6.